The molecule has 2 aliphatic heterocycles. The Bertz CT molecular complexity index is 639. The van der Waals surface area contributed by atoms with E-state index in [1.807, 2.05) is 9.80 Å². The van der Waals surface area contributed by atoms with Gasteiger partial charge in [0.1, 0.15) is 5.69 Å². The Hall–Kier alpha value is -2.42. The topological polar surface area (TPSA) is 82.1 Å². The summed E-state index contributed by atoms with van der Waals surface area (Å²) in [6.45, 7) is 7.69. The predicted molar refractivity (Wildman–Crippen MR) is 96.2 cm³/mol. The van der Waals surface area contributed by atoms with E-state index in [2.05, 4.69) is 21.9 Å². The number of ether oxygens (including phenoxy) is 1. The standard InChI is InChI=1S/C17H26N6O3/c1-3-26-17(25)23-12-10-22(11-13-23)16-18-5-4-14(19-16)15(24)21-8-6-20(2)7-9-21/h4-5H,3,6-13H2,1-2H3. The minimum Gasteiger partial charge on any atom is -0.450 e. The third-order valence-corrected chi connectivity index (χ3v) is 4.74. The highest BCUT2D eigenvalue weighted by molar-refractivity contribution is 5.92. The number of carbonyl (C=O) groups excluding carboxylic acids is 2. The van der Waals surface area contributed by atoms with Gasteiger partial charge in [-0.15, -0.1) is 0 Å². The molecule has 3 heterocycles. The fourth-order valence-corrected chi connectivity index (χ4v) is 3.10. The first-order chi connectivity index (χ1) is 12.6. The SMILES string of the molecule is CCOC(=O)N1CCN(c2nccc(C(=O)N3CCN(C)CC3)n2)CC1. The van der Waals surface area contributed by atoms with Gasteiger partial charge < -0.3 is 24.3 Å². The predicted octanol–water partition coefficient (Wildman–Crippen LogP) is 0.143. The van der Waals surface area contributed by atoms with Crippen molar-refractivity contribution >= 4 is 17.9 Å². The summed E-state index contributed by atoms with van der Waals surface area (Å²) >= 11 is 0. The Labute approximate surface area is 153 Å². The zero-order valence-corrected chi connectivity index (χ0v) is 15.4. The second-order valence-corrected chi connectivity index (χ2v) is 6.51. The highest BCUT2D eigenvalue weighted by Gasteiger charge is 2.25. The van der Waals surface area contributed by atoms with Gasteiger partial charge in [-0.2, -0.15) is 0 Å². The summed E-state index contributed by atoms with van der Waals surface area (Å²) in [5, 5.41) is 0. The van der Waals surface area contributed by atoms with E-state index in [1.54, 1.807) is 24.1 Å². The lowest BCUT2D eigenvalue weighted by atomic mass is 10.3. The third-order valence-electron chi connectivity index (χ3n) is 4.74. The second kappa shape index (κ2) is 8.31. The van der Waals surface area contributed by atoms with E-state index in [-0.39, 0.29) is 12.0 Å². The Kier molecular flexibility index (Phi) is 5.87. The largest absolute Gasteiger partial charge is 0.450 e. The van der Waals surface area contributed by atoms with Crippen molar-refractivity contribution < 1.29 is 14.3 Å². The molecule has 2 aliphatic rings. The summed E-state index contributed by atoms with van der Waals surface area (Å²) in [6, 6.07) is 1.67. The van der Waals surface area contributed by atoms with Crippen molar-refractivity contribution in [3.63, 3.8) is 0 Å². The highest BCUT2D eigenvalue weighted by Crippen LogP contribution is 2.14. The van der Waals surface area contributed by atoms with Gasteiger partial charge in [-0.1, -0.05) is 0 Å². The molecular weight excluding hydrogens is 336 g/mol. The van der Waals surface area contributed by atoms with Crippen molar-refractivity contribution in [1.29, 1.82) is 0 Å². The molecule has 0 unspecified atom stereocenters. The van der Waals surface area contributed by atoms with Crippen molar-refractivity contribution in [3.05, 3.63) is 18.0 Å². The van der Waals surface area contributed by atoms with Gasteiger partial charge in [0.2, 0.25) is 5.95 Å². The Morgan fingerprint density at radius 1 is 1.04 bits per heavy atom. The molecule has 0 N–H and O–H groups in total. The smallest absolute Gasteiger partial charge is 0.409 e. The van der Waals surface area contributed by atoms with Crippen LogP contribution in [0.3, 0.4) is 0 Å². The van der Waals surface area contributed by atoms with Gasteiger partial charge in [0, 0.05) is 58.6 Å². The molecule has 0 bridgehead atoms. The van der Waals surface area contributed by atoms with E-state index >= 15 is 0 Å². The average molecular weight is 362 g/mol. The van der Waals surface area contributed by atoms with Crippen LogP contribution in [0.5, 0.6) is 0 Å². The maximum absolute atomic E-state index is 12.7. The molecule has 0 spiro atoms. The van der Waals surface area contributed by atoms with Crippen molar-refractivity contribution in [3.8, 4) is 0 Å². The number of carbonyl (C=O) groups is 2. The van der Waals surface area contributed by atoms with Crippen molar-refractivity contribution in [2.45, 2.75) is 6.92 Å². The Morgan fingerprint density at radius 2 is 1.69 bits per heavy atom. The minimum atomic E-state index is -0.285. The molecule has 0 aromatic carbocycles. The number of nitrogens with zero attached hydrogens (tertiary/aromatic N) is 6. The van der Waals surface area contributed by atoms with Crippen LogP contribution >= 0.6 is 0 Å². The van der Waals surface area contributed by atoms with Crippen LogP contribution in [0.15, 0.2) is 12.3 Å². The van der Waals surface area contributed by atoms with Crippen LogP contribution in [0.2, 0.25) is 0 Å². The van der Waals surface area contributed by atoms with Crippen LogP contribution in [0.4, 0.5) is 10.7 Å². The normalized spacial score (nSPS) is 18.8. The fourth-order valence-electron chi connectivity index (χ4n) is 3.10. The monoisotopic (exact) mass is 362 g/mol. The van der Waals surface area contributed by atoms with Crippen LogP contribution in [-0.4, -0.2) is 103 Å². The molecular formula is C17H26N6O3. The average Bonchev–Trinajstić information content (AvgIpc) is 2.68. The molecule has 2 fully saturated rings. The zero-order chi connectivity index (χ0) is 18.5. The number of aromatic nitrogens is 2. The summed E-state index contributed by atoms with van der Waals surface area (Å²) in [7, 11) is 2.06. The highest BCUT2D eigenvalue weighted by atomic mass is 16.6. The van der Waals surface area contributed by atoms with Gasteiger partial charge in [-0.05, 0) is 20.0 Å². The van der Waals surface area contributed by atoms with Crippen LogP contribution in [0.25, 0.3) is 0 Å². The second-order valence-electron chi connectivity index (χ2n) is 6.51. The maximum atomic E-state index is 12.7. The first-order valence-electron chi connectivity index (χ1n) is 9.06. The number of hydrogen-bond donors (Lipinski definition) is 0. The van der Waals surface area contributed by atoms with Gasteiger partial charge in [0.25, 0.3) is 5.91 Å². The molecule has 3 rings (SSSR count). The number of rotatable bonds is 3. The summed E-state index contributed by atoms with van der Waals surface area (Å²) in [5.74, 6) is 0.486. The lowest BCUT2D eigenvalue weighted by Gasteiger charge is -2.34. The van der Waals surface area contributed by atoms with Gasteiger partial charge in [-0.25, -0.2) is 14.8 Å². The molecule has 0 radical (unpaired) electrons. The van der Waals surface area contributed by atoms with E-state index in [0.29, 0.717) is 57.5 Å². The minimum absolute atomic E-state index is 0.0492. The maximum Gasteiger partial charge on any atom is 0.409 e. The molecule has 1 aromatic rings. The molecule has 2 amide bonds. The summed E-state index contributed by atoms with van der Waals surface area (Å²) in [4.78, 5) is 41.0. The molecule has 26 heavy (non-hydrogen) atoms. The summed E-state index contributed by atoms with van der Waals surface area (Å²) in [6.07, 6.45) is 1.34. The molecule has 0 saturated carbocycles. The van der Waals surface area contributed by atoms with E-state index in [0.717, 1.165) is 13.1 Å². The van der Waals surface area contributed by atoms with Crippen molar-refractivity contribution in [2.24, 2.45) is 0 Å². The Balaban J connectivity index is 1.61. The van der Waals surface area contributed by atoms with Gasteiger partial charge >= 0.3 is 6.09 Å². The van der Waals surface area contributed by atoms with Crippen LogP contribution in [0, 0.1) is 0 Å². The van der Waals surface area contributed by atoms with E-state index < -0.39 is 0 Å². The number of likely N-dealkylation sites (N-methyl/N-ethyl adjacent to an activating group) is 1. The quantitative estimate of drug-likeness (QED) is 0.757. The lowest BCUT2D eigenvalue weighted by Crippen LogP contribution is -2.49. The first-order valence-corrected chi connectivity index (χ1v) is 9.06. The number of amides is 2. The van der Waals surface area contributed by atoms with Gasteiger partial charge in [0.15, 0.2) is 0 Å². The molecule has 0 aliphatic carbocycles. The van der Waals surface area contributed by atoms with Crippen LogP contribution in [0.1, 0.15) is 17.4 Å². The molecule has 1 aromatic heterocycles. The van der Waals surface area contributed by atoms with Crippen molar-refractivity contribution in [1.82, 2.24) is 24.7 Å². The molecule has 9 nitrogen and oxygen atoms in total. The molecule has 2 saturated heterocycles. The third kappa shape index (κ3) is 4.21. The molecule has 9 heteroatoms. The van der Waals surface area contributed by atoms with Crippen molar-refractivity contribution in [2.75, 3.05) is 70.9 Å². The summed E-state index contributed by atoms with van der Waals surface area (Å²) < 4.78 is 5.03. The zero-order valence-electron chi connectivity index (χ0n) is 15.4. The summed E-state index contributed by atoms with van der Waals surface area (Å²) in [5.41, 5.74) is 0.423. The van der Waals surface area contributed by atoms with E-state index in [9.17, 15) is 9.59 Å². The van der Waals surface area contributed by atoms with E-state index in [1.165, 1.54) is 0 Å². The first kappa shape index (κ1) is 18.4. The van der Waals surface area contributed by atoms with Gasteiger partial charge in [0.05, 0.1) is 6.61 Å². The van der Waals surface area contributed by atoms with Crippen LogP contribution < -0.4 is 4.90 Å². The number of piperazine rings is 2. The Morgan fingerprint density at radius 3 is 2.35 bits per heavy atom. The number of anilines is 1. The van der Waals surface area contributed by atoms with E-state index in [4.69, 9.17) is 4.74 Å². The fraction of sp³-hybridized carbons (Fsp3) is 0.647. The van der Waals surface area contributed by atoms with Crippen LogP contribution in [-0.2, 0) is 4.74 Å². The van der Waals surface area contributed by atoms with Gasteiger partial charge in [-0.3, -0.25) is 4.79 Å². The lowest BCUT2D eigenvalue weighted by molar-refractivity contribution is 0.0658. The number of hydrogen-bond acceptors (Lipinski definition) is 7. The molecule has 142 valence electrons. The molecule has 0 atom stereocenters.